The molecule has 5 heterocycles. The van der Waals surface area contributed by atoms with E-state index in [9.17, 15) is 14.4 Å². The second-order valence-corrected chi connectivity index (χ2v) is 9.69. The first-order valence-corrected chi connectivity index (χ1v) is 13.3. The molecule has 1 aliphatic rings. The van der Waals surface area contributed by atoms with E-state index in [1.807, 2.05) is 12.3 Å². The zero-order valence-electron chi connectivity index (χ0n) is 23.6. The Hall–Kier alpha value is -5.01. The number of imidazole rings is 1. The fourth-order valence-corrected chi connectivity index (χ4v) is 4.69. The Morgan fingerprint density at radius 1 is 1.24 bits per heavy atom. The molecule has 0 saturated carbocycles. The van der Waals surface area contributed by atoms with Gasteiger partial charge in [0.1, 0.15) is 23.3 Å². The molecule has 1 amide bonds. The molecule has 0 unspecified atom stereocenters. The van der Waals surface area contributed by atoms with Crippen molar-refractivity contribution >= 4 is 34.4 Å². The molecule has 0 saturated heterocycles. The highest BCUT2D eigenvalue weighted by atomic mass is 16.5. The van der Waals surface area contributed by atoms with Crippen molar-refractivity contribution in [2.75, 3.05) is 25.0 Å². The summed E-state index contributed by atoms with van der Waals surface area (Å²) in [6, 6.07) is 6.17. The number of nitrogens with one attached hydrogen (secondary N) is 2. The molecule has 41 heavy (non-hydrogen) atoms. The molecule has 14 heteroatoms. The molecule has 0 aromatic carbocycles. The molecule has 4 aromatic rings. The number of carbonyl (C=O) groups is 1. The number of pyridine rings is 1. The van der Waals surface area contributed by atoms with Crippen LogP contribution in [-0.2, 0) is 18.4 Å². The average molecular weight is 561 g/mol. The van der Waals surface area contributed by atoms with Gasteiger partial charge in [0.25, 0.3) is 5.56 Å². The van der Waals surface area contributed by atoms with Gasteiger partial charge >= 0.3 is 5.69 Å². The third-order valence-electron chi connectivity index (χ3n) is 7.02. The monoisotopic (exact) mass is 560 g/mol. The standard InChI is InChI=1S/C27H32N10O4/c1-6-35(7-2)26-28-12-18(13-29-26)20-9-8-10-21(31-20)32-24(38)17(4)37-15-30-23-22(37)25(39)36(27(40)34(23)5)14-19-11-16(3)41-33-19/h8-12,15,17H,6-7,13-14H2,1-5H3,(H,28,29)(H,31,32,38)/t17-/m0/s1. The maximum atomic E-state index is 13.5. The van der Waals surface area contributed by atoms with E-state index < -0.39 is 23.2 Å². The summed E-state index contributed by atoms with van der Waals surface area (Å²) >= 11 is 0. The van der Waals surface area contributed by atoms with Gasteiger partial charge in [-0.3, -0.25) is 18.7 Å². The molecule has 0 radical (unpaired) electrons. The highest BCUT2D eigenvalue weighted by Crippen LogP contribution is 2.19. The van der Waals surface area contributed by atoms with Crippen molar-refractivity contribution in [3.8, 4) is 0 Å². The predicted octanol–water partition coefficient (Wildman–Crippen LogP) is 1.48. The summed E-state index contributed by atoms with van der Waals surface area (Å²) in [5.74, 6) is 1.33. The van der Waals surface area contributed by atoms with Crippen LogP contribution in [0, 0.1) is 6.92 Å². The number of nitrogens with zero attached hydrogens (tertiary/aromatic N) is 8. The van der Waals surface area contributed by atoms with Crippen molar-refractivity contribution in [1.29, 1.82) is 0 Å². The molecular formula is C27H32N10O4. The van der Waals surface area contributed by atoms with Crippen molar-refractivity contribution < 1.29 is 9.32 Å². The molecule has 214 valence electrons. The molecular weight excluding hydrogens is 528 g/mol. The van der Waals surface area contributed by atoms with E-state index >= 15 is 0 Å². The van der Waals surface area contributed by atoms with Crippen molar-refractivity contribution in [1.82, 2.24) is 39.0 Å². The number of hydrogen-bond donors (Lipinski definition) is 2. The summed E-state index contributed by atoms with van der Waals surface area (Å²) in [5, 5.41) is 9.95. The third-order valence-corrected chi connectivity index (χ3v) is 7.02. The smallest absolute Gasteiger partial charge is 0.332 e. The lowest BCUT2D eigenvalue weighted by molar-refractivity contribution is -0.118. The second-order valence-electron chi connectivity index (χ2n) is 9.69. The predicted molar refractivity (Wildman–Crippen MR) is 153 cm³/mol. The van der Waals surface area contributed by atoms with Gasteiger partial charge in [0.2, 0.25) is 5.91 Å². The number of aliphatic imine (C=N–C) groups is 1. The van der Waals surface area contributed by atoms with Gasteiger partial charge in [0.05, 0.1) is 25.1 Å². The summed E-state index contributed by atoms with van der Waals surface area (Å²) in [4.78, 5) is 55.3. The third kappa shape index (κ3) is 5.27. The molecule has 0 aliphatic carbocycles. The Morgan fingerprint density at radius 2 is 2.02 bits per heavy atom. The normalized spacial score (nSPS) is 13.9. The van der Waals surface area contributed by atoms with E-state index in [0.717, 1.165) is 29.2 Å². The summed E-state index contributed by atoms with van der Waals surface area (Å²) in [6.07, 6.45) is 3.26. The van der Waals surface area contributed by atoms with Crippen LogP contribution in [0.25, 0.3) is 16.7 Å². The largest absolute Gasteiger partial charge is 0.361 e. The number of fused-ring (bicyclic) bond motifs is 1. The quantitative estimate of drug-likeness (QED) is 0.326. The van der Waals surface area contributed by atoms with Crippen molar-refractivity contribution in [2.45, 2.75) is 40.3 Å². The van der Waals surface area contributed by atoms with Gasteiger partial charge in [-0.15, -0.1) is 0 Å². The molecule has 5 rings (SSSR count). The van der Waals surface area contributed by atoms with Gasteiger partial charge in [-0.05, 0) is 39.8 Å². The van der Waals surface area contributed by atoms with E-state index in [-0.39, 0.29) is 17.7 Å². The van der Waals surface area contributed by atoms with Crippen LogP contribution < -0.4 is 21.9 Å². The zero-order chi connectivity index (χ0) is 29.3. The minimum Gasteiger partial charge on any atom is -0.361 e. The summed E-state index contributed by atoms with van der Waals surface area (Å²) in [7, 11) is 1.52. The molecule has 1 atom stereocenters. The summed E-state index contributed by atoms with van der Waals surface area (Å²) in [5.41, 5.74) is 1.16. The lowest BCUT2D eigenvalue weighted by atomic mass is 10.1. The van der Waals surface area contributed by atoms with Gasteiger partial charge in [0, 0.05) is 38.0 Å². The van der Waals surface area contributed by atoms with Gasteiger partial charge in [-0.2, -0.15) is 0 Å². The summed E-state index contributed by atoms with van der Waals surface area (Å²) in [6.45, 7) is 9.59. The lowest BCUT2D eigenvalue weighted by Gasteiger charge is -2.25. The minimum absolute atomic E-state index is 0.0770. The Bertz CT molecular complexity index is 1790. The number of guanidine groups is 1. The number of carbonyl (C=O) groups excluding carboxylic acids is 1. The van der Waals surface area contributed by atoms with Gasteiger partial charge in [0.15, 0.2) is 17.1 Å². The zero-order valence-corrected chi connectivity index (χ0v) is 23.6. The van der Waals surface area contributed by atoms with Crippen molar-refractivity contribution in [3.63, 3.8) is 0 Å². The van der Waals surface area contributed by atoms with Gasteiger partial charge < -0.3 is 24.6 Å². The Morgan fingerprint density at radius 3 is 2.68 bits per heavy atom. The Balaban J connectivity index is 1.38. The number of rotatable bonds is 8. The van der Waals surface area contributed by atoms with Crippen LogP contribution in [0.15, 0.2) is 55.9 Å². The van der Waals surface area contributed by atoms with Crippen LogP contribution in [0.5, 0.6) is 0 Å². The second kappa shape index (κ2) is 11.2. The number of aromatic nitrogens is 6. The van der Waals surface area contributed by atoms with E-state index in [2.05, 4.69) is 49.5 Å². The Kier molecular flexibility index (Phi) is 7.55. The Labute approximate surface area is 235 Å². The maximum absolute atomic E-state index is 13.5. The van der Waals surface area contributed by atoms with Crippen LogP contribution in [0.3, 0.4) is 0 Å². The number of amides is 1. The lowest BCUT2D eigenvalue weighted by Crippen LogP contribution is -2.40. The molecule has 0 spiro atoms. The van der Waals surface area contributed by atoms with Crippen LogP contribution in [0.1, 0.15) is 44.0 Å². The van der Waals surface area contributed by atoms with Crippen LogP contribution in [0.2, 0.25) is 0 Å². The van der Waals surface area contributed by atoms with Crippen molar-refractivity contribution in [2.24, 2.45) is 12.0 Å². The molecule has 4 aromatic heterocycles. The fraction of sp³-hybridized carbons (Fsp3) is 0.370. The van der Waals surface area contributed by atoms with Crippen LogP contribution >= 0.6 is 0 Å². The first-order chi connectivity index (χ1) is 19.7. The molecule has 0 fully saturated rings. The number of aryl methyl sites for hydroxylation is 2. The van der Waals surface area contributed by atoms with Crippen molar-refractivity contribution in [3.05, 3.63) is 74.8 Å². The highest BCUT2D eigenvalue weighted by Gasteiger charge is 2.24. The van der Waals surface area contributed by atoms with E-state index in [1.54, 1.807) is 32.0 Å². The van der Waals surface area contributed by atoms with Gasteiger partial charge in [-0.25, -0.2) is 19.8 Å². The van der Waals surface area contributed by atoms with E-state index in [0.29, 0.717) is 29.5 Å². The summed E-state index contributed by atoms with van der Waals surface area (Å²) < 4.78 is 8.85. The topological polar surface area (TPSA) is 157 Å². The first-order valence-electron chi connectivity index (χ1n) is 13.3. The van der Waals surface area contributed by atoms with Crippen LogP contribution in [-0.4, -0.2) is 65.2 Å². The average Bonchev–Trinajstić information content (AvgIpc) is 3.61. The minimum atomic E-state index is -0.838. The fourth-order valence-electron chi connectivity index (χ4n) is 4.69. The number of anilines is 1. The number of hydrogen-bond acceptors (Lipinski definition) is 10. The molecule has 14 nitrogen and oxygen atoms in total. The maximum Gasteiger partial charge on any atom is 0.332 e. The highest BCUT2D eigenvalue weighted by molar-refractivity contribution is 5.94. The van der Waals surface area contributed by atoms with Crippen LogP contribution in [0.4, 0.5) is 5.82 Å². The molecule has 1 aliphatic heterocycles. The van der Waals surface area contributed by atoms with E-state index in [1.165, 1.54) is 22.5 Å². The van der Waals surface area contributed by atoms with Gasteiger partial charge in [-0.1, -0.05) is 11.2 Å². The molecule has 2 N–H and O–H groups in total. The first kappa shape index (κ1) is 27.6. The van der Waals surface area contributed by atoms with E-state index in [4.69, 9.17) is 4.52 Å². The SMILES string of the molecule is CCN(CC)C1=NCC(c2cccc(NC(=O)[C@H](C)n3cnc4c3c(=O)n(Cc3cc(C)on3)c(=O)n4C)n2)=CN1. The molecule has 0 bridgehead atoms.